The summed E-state index contributed by atoms with van der Waals surface area (Å²) in [6.07, 6.45) is 1.77. The highest BCUT2D eigenvalue weighted by Crippen LogP contribution is 2.11. The number of unbranched alkanes of at least 4 members (excludes halogenated alkanes) is 1. The second-order valence-corrected chi connectivity index (χ2v) is 5.86. The van der Waals surface area contributed by atoms with Crippen molar-refractivity contribution in [3.8, 4) is 0 Å². The van der Waals surface area contributed by atoms with Gasteiger partial charge in [-0.25, -0.2) is 9.18 Å². The second-order valence-electron chi connectivity index (χ2n) is 5.45. The summed E-state index contributed by atoms with van der Waals surface area (Å²) in [5.74, 6) is -1.66. The van der Waals surface area contributed by atoms with Crippen LogP contribution in [0.15, 0.2) is 48.5 Å². The van der Waals surface area contributed by atoms with Gasteiger partial charge >= 0.3 is 5.97 Å². The van der Waals surface area contributed by atoms with Gasteiger partial charge in [0.05, 0.1) is 17.7 Å². The van der Waals surface area contributed by atoms with Crippen LogP contribution in [0.25, 0.3) is 0 Å². The molecule has 0 aromatic heterocycles. The zero-order chi connectivity index (χ0) is 18.9. The first kappa shape index (κ1) is 19.5. The summed E-state index contributed by atoms with van der Waals surface area (Å²) in [6, 6.07) is 12.1. The van der Waals surface area contributed by atoms with Crippen LogP contribution in [0.2, 0.25) is 0 Å². The highest BCUT2D eigenvalue weighted by Gasteiger charge is 2.12. The minimum atomic E-state index is -0.642. The number of thiocarbonyl (C=S) groups is 1. The maximum atomic E-state index is 13.6. The SMILES string of the molecule is CCCCOC(=O)c1ccc(NC(=S)NC(=O)c2ccccc2F)cc1. The lowest BCUT2D eigenvalue weighted by atomic mass is 10.2. The number of ether oxygens (including phenoxy) is 1. The van der Waals surface area contributed by atoms with Gasteiger partial charge in [0.25, 0.3) is 5.91 Å². The summed E-state index contributed by atoms with van der Waals surface area (Å²) in [7, 11) is 0. The van der Waals surface area contributed by atoms with Crippen LogP contribution in [0.4, 0.5) is 10.1 Å². The first-order valence-electron chi connectivity index (χ1n) is 8.15. The van der Waals surface area contributed by atoms with E-state index in [0.717, 1.165) is 12.8 Å². The van der Waals surface area contributed by atoms with E-state index in [4.69, 9.17) is 17.0 Å². The third-order valence-electron chi connectivity index (χ3n) is 3.46. The third-order valence-corrected chi connectivity index (χ3v) is 3.66. The molecule has 26 heavy (non-hydrogen) atoms. The molecule has 0 unspecified atom stereocenters. The number of nitrogens with one attached hydrogen (secondary N) is 2. The van der Waals surface area contributed by atoms with Crippen molar-refractivity contribution >= 4 is 34.9 Å². The largest absolute Gasteiger partial charge is 0.462 e. The summed E-state index contributed by atoms with van der Waals surface area (Å²) in [4.78, 5) is 23.8. The second kappa shape index (κ2) is 9.62. The molecule has 0 fully saturated rings. The summed E-state index contributed by atoms with van der Waals surface area (Å²) in [5, 5.41) is 5.24. The number of amides is 1. The number of halogens is 1. The minimum Gasteiger partial charge on any atom is -0.462 e. The first-order valence-corrected chi connectivity index (χ1v) is 8.56. The summed E-state index contributed by atoms with van der Waals surface area (Å²) < 4.78 is 18.7. The van der Waals surface area contributed by atoms with Crippen molar-refractivity contribution in [2.24, 2.45) is 0 Å². The van der Waals surface area contributed by atoms with Crippen LogP contribution in [0.5, 0.6) is 0 Å². The van der Waals surface area contributed by atoms with E-state index in [1.165, 1.54) is 18.2 Å². The Balaban J connectivity index is 1.90. The predicted molar refractivity (Wildman–Crippen MR) is 102 cm³/mol. The molecule has 0 saturated carbocycles. The normalized spacial score (nSPS) is 10.1. The van der Waals surface area contributed by atoms with Gasteiger partial charge in [0.2, 0.25) is 0 Å². The number of carbonyl (C=O) groups is 2. The average molecular weight is 374 g/mol. The zero-order valence-electron chi connectivity index (χ0n) is 14.3. The van der Waals surface area contributed by atoms with Crippen molar-refractivity contribution in [1.82, 2.24) is 5.32 Å². The molecule has 0 aliphatic carbocycles. The molecule has 136 valence electrons. The monoisotopic (exact) mass is 374 g/mol. The molecule has 0 spiro atoms. The molecule has 7 heteroatoms. The van der Waals surface area contributed by atoms with Gasteiger partial charge in [0.1, 0.15) is 5.82 Å². The van der Waals surface area contributed by atoms with Crippen LogP contribution in [0.1, 0.15) is 40.5 Å². The molecule has 2 aromatic rings. The molecule has 2 rings (SSSR count). The van der Waals surface area contributed by atoms with E-state index in [1.807, 2.05) is 6.92 Å². The van der Waals surface area contributed by atoms with Crippen LogP contribution < -0.4 is 10.6 Å². The molecular formula is C19H19FN2O3S. The predicted octanol–water partition coefficient (Wildman–Crippen LogP) is 3.91. The lowest BCUT2D eigenvalue weighted by Gasteiger charge is -2.10. The number of esters is 1. The Bertz CT molecular complexity index is 794. The van der Waals surface area contributed by atoms with Crippen molar-refractivity contribution in [3.05, 3.63) is 65.5 Å². The van der Waals surface area contributed by atoms with Crippen molar-refractivity contribution < 1.29 is 18.7 Å². The third kappa shape index (κ3) is 5.63. The number of anilines is 1. The Kier molecular flexibility index (Phi) is 7.23. The number of benzene rings is 2. The molecule has 5 nitrogen and oxygen atoms in total. The fraction of sp³-hybridized carbons (Fsp3) is 0.211. The summed E-state index contributed by atoms with van der Waals surface area (Å²) >= 11 is 5.05. The van der Waals surface area contributed by atoms with E-state index in [0.29, 0.717) is 17.9 Å². The average Bonchev–Trinajstić information content (AvgIpc) is 2.62. The van der Waals surface area contributed by atoms with Gasteiger partial charge in [0, 0.05) is 5.69 Å². The lowest BCUT2D eigenvalue weighted by Crippen LogP contribution is -2.34. The highest BCUT2D eigenvalue weighted by molar-refractivity contribution is 7.80. The van der Waals surface area contributed by atoms with Crippen molar-refractivity contribution in [3.63, 3.8) is 0 Å². The smallest absolute Gasteiger partial charge is 0.338 e. The molecule has 0 saturated heterocycles. The molecule has 0 bridgehead atoms. The molecular weight excluding hydrogens is 355 g/mol. The standard InChI is InChI=1S/C19H19FN2O3S/c1-2-3-12-25-18(24)13-8-10-14(11-9-13)21-19(26)22-17(23)15-6-4-5-7-16(15)20/h4-11H,2-3,12H2,1H3,(H2,21,22,23,26). The highest BCUT2D eigenvalue weighted by atomic mass is 32.1. The van der Waals surface area contributed by atoms with Gasteiger partial charge in [-0.15, -0.1) is 0 Å². The number of carbonyl (C=O) groups excluding carboxylic acids is 2. The van der Waals surface area contributed by atoms with E-state index in [9.17, 15) is 14.0 Å². The van der Waals surface area contributed by atoms with Crippen LogP contribution in [-0.2, 0) is 4.74 Å². The number of hydrogen-bond donors (Lipinski definition) is 2. The van der Waals surface area contributed by atoms with Crippen molar-refractivity contribution in [1.29, 1.82) is 0 Å². The van der Waals surface area contributed by atoms with Crippen molar-refractivity contribution in [2.45, 2.75) is 19.8 Å². The molecule has 0 heterocycles. The van der Waals surface area contributed by atoms with Crippen molar-refractivity contribution in [2.75, 3.05) is 11.9 Å². The molecule has 2 aromatic carbocycles. The topological polar surface area (TPSA) is 67.4 Å². The van der Waals surface area contributed by atoms with E-state index < -0.39 is 11.7 Å². The van der Waals surface area contributed by atoms with Crippen LogP contribution in [-0.4, -0.2) is 23.6 Å². The fourth-order valence-corrected chi connectivity index (χ4v) is 2.27. The molecule has 0 radical (unpaired) electrons. The Labute approximate surface area is 156 Å². The van der Waals surface area contributed by atoms with Crippen LogP contribution in [0, 0.1) is 5.82 Å². The molecule has 2 N–H and O–H groups in total. The van der Waals surface area contributed by atoms with E-state index in [1.54, 1.807) is 30.3 Å². The summed E-state index contributed by atoms with van der Waals surface area (Å²) in [5.41, 5.74) is 0.906. The lowest BCUT2D eigenvalue weighted by molar-refractivity contribution is 0.0499. The Morgan fingerprint density at radius 3 is 2.46 bits per heavy atom. The maximum absolute atomic E-state index is 13.6. The fourth-order valence-electron chi connectivity index (χ4n) is 2.06. The quantitative estimate of drug-likeness (QED) is 0.456. The molecule has 0 atom stereocenters. The van der Waals surface area contributed by atoms with Crippen LogP contribution in [0.3, 0.4) is 0 Å². The van der Waals surface area contributed by atoms with E-state index in [-0.39, 0.29) is 16.6 Å². The van der Waals surface area contributed by atoms with Gasteiger partial charge in [0.15, 0.2) is 5.11 Å². The van der Waals surface area contributed by atoms with Crippen LogP contribution >= 0.6 is 12.2 Å². The van der Waals surface area contributed by atoms with E-state index >= 15 is 0 Å². The maximum Gasteiger partial charge on any atom is 0.338 e. The molecule has 0 aliphatic heterocycles. The zero-order valence-corrected chi connectivity index (χ0v) is 15.1. The Morgan fingerprint density at radius 1 is 1.12 bits per heavy atom. The minimum absolute atomic E-state index is 0.0246. The Morgan fingerprint density at radius 2 is 1.81 bits per heavy atom. The van der Waals surface area contributed by atoms with Gasteiger partial charge in [-0.3, -0.25) is 10.1 Å². The van der Waals surface area contributed by atoms with E-state index in [2.05, 4.69) is 10.6 Å². The Hall–Kier alpha value is -2.80. The van der Waals surface area contributed by atoms with Gasteiger partial charge in [-0.1, -0.05) is 25.5 Å². The van der Waals surface area contributed by atoms with Gasteiger partial charge < -0.3 is 10.1 Å². The number of rotatable bonds is 6. The first-order chi connectivity index (χ1) is 12.5. The van der Waals surface area contributed by atoms with Gasteiger partial charge in [-0.2, -0.15) is 0 Å². The van der Waals surface area contributed by atoms with Gasteiger partial charge in [-0.05, 0) is 55.0 Å². The summed E-state index contributed by atoms with van der Waals surface area (Å²) in [6.45, 7) is 2.41. The molecule has 0 aliphatic rings. The molecule has 1 amide bonds. The number of hydrogen-bond acceptors (Lipinski definition) is 4.